The summed E-state index contributed by atoms with van der Waals surface area (Å²) in [6, 6.07) is 7.43. The average molecular weight is 239 g/mol. The molecule has 2 rings (SSSR count). The van der Waals surface area contributed by atoms with Crippen molar-refractivity contribution in [3.63, 3.8) is 0 Å². The topological polar surface area (TPSA) is 50.2 Å². The van der Waals surface area contributed by atoms with Gasteiger partial charge in [-0.2, -0.15) is 5.10 Å². The first-order chi connectivity index (χ1) is 7.29. The predicted molar refractivity (Wildman–Crippen MR) is 63.5 cm³/mol. The fourth-order valence-electron chi connectivity index (χ4n) is 1.05. The quantitative estimate of drug-likeness (QED) is 0.661. The van der Waals surface area contributed by atoms with Gasteiger partial charge in [-0.1, -0.05) is 35.1 Å². The molecule has 1 aromatic heterocycles. The molecule has 0 saturated heterocycles. The molecular formula is C9H7ClN4S. The molecule has 0 amide bonds. The zero-order chi connectivity index (χ0) is 10.7. The molecular weight excluding hydrogens is 232 g/mol. The highest BCUT2D eigenvalue weighted by atomic mass is 35.5. The Morgan fingerprint density at radius 1 is 1.27 bits per heavy atom. The summed E-state index contributed by atoms with van der Waals surface area (Å²) in [7, 11) is 0. The standard InChI is InChI=1S/C9H7ClN4S/c1-11-13-9-14-12-8(15-9)6-2-4-7(10)5-3-6/h2-5H,1H2,(H,13,14). The zero-order valence-corrected chi connectivity index (χ0v) is 9.22. The minimum atomic E-state index is 0.620. The van der Waals surface area contributed by atoms with Crippen molar-refractivity contribution in [3.05, 3.63) is 29.3 Å². The Labute approximate surface area is 95.6 Å². The Morgan fingerprint density at radius 2 is 2.00 bits per heavy atom. The van der Waals surface area contributed by atoms with Gasteiger partial charge >= 0.3 is 0 Å². The van der Waals surface area contributed by atoms with E-state index in [2.05, 4.69) is 27.4 Å². The summed E-state index contributed by atoms with van der Waals surface area (Å²) in [6.45, 7) is 3.31. The van der Waals surface area contributed by atoms with Crippen molar-refractivity contribution in [1.82, 2.24) is 10.2 Å². The molecule has 1 aromatic carbocycles. The number of hydrogen-bond donors (Lipinski definition) is 1. The molecule has 1 heterocycles. The minimum Gasteiger partial charge on any atom is -0.252 e. The molecule has 4 nitrogen and oxygen atoms in total. The van der Waals surface area contributed by atoms with Gasteiger partial charge in [0.05, 0.1) is 0 Å². The molecule has 1 N–H and O–H groups in total. The maximum Gasteiger partial charge on any atom is 0.226 e. The molecule has 0 aliphatic carbocycles. The first kappa shape index (κ1) is 10.1. The van der Waals surface area contributed by atoms with Crippen LogP contribution in [0.25, 0.3) is 10.6 Å². The number of aromatic nitrogens is 2. The number of hydrazone groups is 1. The van der Waals surface area contributed by atoms with Crippen LogP contribution in [0.3, 0.4) is 0 Å². The van der Waals surface area contributed by atoms with Crippen LogP contribution in [0.1, 0.15) is 0 Å². The van der Waals surface area contributed by atoms with Gasteiger partial charge in [0.1, 0.15) is 5.01 Å². The van der Waals surface area contributed by atoms with Crippen LogP contribution in [-0.2, 0) is 0 Å². The third kappa shape index (κ3) is 2.31. The van der Waals surface area contributed by atoms with Crippen LogP contribution < -0.4 is 5.43 Å². The molecule has 0 radical (unpaired) electrons. The van der Waals surface area contributed by atoms with E-state index in [9.17, 15) is 0 Å². The summed E-state index contributed by atoms with van der Waals surface area (Å²) in [5.74, 6) is 0. The van der Waals surface area contributed by atoms with E-state index in [1.807, 2.05) is 24.3 Å². The molecule has 76 valence electrons. The first-order valence-electron chi connectivity index (χ1n) is 4.11. The van der Waals surface area contributed by atoms with Gasteiger partial charge in [-0.25, -0.2) is 0 Å². The fourth-order valence-corrected chi connectivity index (χ4v) is 1.88. The van der Waals surface area contributed by atoms with E-state index in [-0.39, 0.29) is 0 Å². The molecule has 0 atom stereocenters. The van der Waals surface area contributed by atoms with Crippen molar-refractivity contribution in [3.8, 4) is 10.6 Å². The molecule has 6 heteroatoms. The monoisotopic (exact) mass is 238 g/mol. The van der Waals surface area contributed by atoms with Crippen LogP contribution in [0, 0.1) is 0 Å². The van der Waals surface area contributed by atoms with Crippen LogP contribution in [0.2, 0.25) is 5.02 Å². The maximum atomic E-state index is 5.79. The Hall–Kier alpha value is -1.46. The highest BCUT2D eigenvalue weighted by Crippen LogP contribution is 2.26. The number of halogens is 1. The maximum absolute atomic E-state index is 5.79. The predicted octanol–water partition coefficient (Wildman–Crippen LogP) is 2.89. The molecule has 0 saturated carbocycles. The summed E-state index contributed by atoms with van der Waals surface area (Å²) in [6.07, 6.45) is 0. The third-order valence-electron chi connectivity index (χ3n) is 1.69. The molecule has 15 heavy (non-hydrogen) atoms. The highest BCUT2D eigenvalue weighted by molar-refractivity contribution is 7.18. The molecule has 2 aromatic rings. The third-order valence-corrected chi connectivity index (χ3v) is 2.82. The van der Waals surface area contributed by atoms with Gasteiger partial charge in [0.2, 0.25) is 5.13 Å². The summed E-state index contributed by atoms with van der Waals surface area (Å²) < 4.78 is 0. The number of hydrogen-bond acceptors (Lipinski definition) is 5. The van der Waals surface area contributed by atoms with E-state index in [0.29, 0.717) is 10.2 Å². The molecule has 0 aliphatic heterocycles. The number of anilines is 1. The van der Waals surface area contributed by atoms with Crippen molar-refractivity contribution in [2.24, 2.45) is 5.10 Å². The second kappa shape index (κ2) is 4.37. The van der Waals surface area contributed by atoms with Gasteiger partial charge in [0.15, 0.2) is 0 Å². The Kier molecular flexibility index (Phi) is 2.94. The first-order valence-corrected chi connectivity index (χ1v) is 5.30. The smallest absolute Gasteiger partial charge is 0.226 e. The van der Waals surface area contributed by atoms with Crippen LogP contribution in [-0.4, -0.2) is 16.9 Å². The molecule has 0 bridgehead atoms. The lowest BCUT2D eigenvalue weighted by molar-refractivity contribution is 1.08. The van der Waals surface area contributed by atoms with E-state index in [1.54, 1.807) is 0 Å². The Balaban J connectivity index is 2.28. The van der Waals surface area contributed by atoms with Crippen LogP contribution in [0.4, 0.5) is 5.13 Å². The molecule has 0 unspecified atom stereocenters. The summed E-state index contributed by atoms with van der Waals surface area (Å²) in [4.78, 5) is 0. The Bertz CT molecular complexity index is 465. The molecule has 0 aliphatic rings. The van der Waals surface area contributed by atoms with E-state index >= 15 is 0 Å². The van der Waals surface area contributed by atoms with Crippen LogP contribution in [0.15, 0.2) is 29.4 Å². The number of rotatable bonds is 3. The van der Waals surface area contributed by atoms with Gasteiger partial charge in [0.25, 0.3) is 0 Å². The van der Waals surface area contributed by atoms with Crippen molar-refractivity contribution in [2.75, 3.05) is 5.43 Å². The fraction of sp³-hybridized carbons (Fsp3) is 0. The average Bonchev–Trinajstić information content (AvgIpc) is 2.68. The lowest BCUT2D eigenvalue weighted by atomic mass is 10.2. The van der Waals surface area contributed by atoms with E-state index in [4.69, 9.17) is 11.6 Å². The van der Waals surface area contributed by atoms with Crippen molar-refractivity contribution in [1.29, 1.82) is 0 Å². The van der Waals surface area contributed by atoms with Crippen molar-refractivity contribution in [2.45, 2.75) is 0 Å². The zero-order valence-electron chi connectivity index (χ0n) is 7.64. The molecule has 0 fully saturated rings. The van der Waals surface area contributed by atoms with Gasteiger partial charge < -0.3 is 0 Å². The largest absolute Gasteiger partial charge is 0.252 e. The van der Waals surface area contributed by atoms with Gasteiger partial charge in [-0.15, -0.1) is 10.2 Å². The lowest BCUT2D eigenvalue weighted by Crippen LogP contribution is -1.83. The summed E-state index contributed by atoms with van der Waals surface area (Å²) in [5, 5.41) is 13.6. The number of nitrogens with zero attached hydrogens (tertiary/aromatic N) is 3. The van der Waals surface area contributed by atoms with Gasteiger partial charge in [0, 0.05) is 17.3 Å². The minimum absolute atomic E-state index is 0.620. The second-order valence-corrected chi connectivity index (χ2v) is 4.10. The summed E-state index contributed by atoms with van der Waals surface area (Å²) in [5.41, 5.74) is 3.62. The van der Waals surface area contributed by atoms with Gasteiger partial charge in [-0.3, -0.25) is 5.43 Å². The highest BCUT2D eigenvalue weighted by Gasteiger charge is 2.05. The van der Waals surface area contributed by atoms with E-state index in [0.717, 1.165) is 10.6 Å². The lowest BCUT2D eigenvalue weighted by Gasteiger charge is -1.93. The Morgan fingerprint density at radius 3 is 2.67 bits per heavy atom. The number of benzene rings is 1. The van der Waals surface area contributed by atoms with Crippen molar-refractivity contribution < 1.29 is 0 Å². The summed E-state index contributed by atoms with van der Waals surface area (Å²) >= 11 is 7.19. The van der Waals surface area contributed by atoms with E-state index < -0.39 is 0 Å². The van der Waals surface area contributed by atoms with E-state index in [1.165, 1.54) is 11.3 Å². The van der Waals surface area contributed by atoms with Crippen LogP contribution in [0.5, 0.6) is 0 Å². The van der Waals surface area contributed by atoms with Crippen LogP contribution >= 0.6 is 22.9 Å². The number of nitrogens with one attached hydrogen (secondary N) is 1. The normalized spacial score (nSPS) is 9.93. The van der Waals surface area contributed by atoms with Gasteiger partial charge in [-0.05, 0) is 12.1 Å². The van der Waals surface area contributed by atoms with Crippen molar-refractivity contribution >= 4 is 34.8 Å². The second-order valence-electron chi connectivity index (χ2n) is 2.69. The molecule has 0 spiro atoms. The SMILES string of the molecule is C=NNc1nnc(-c2ccc(Cl)cc2)s1.